The third-order valence-corrected chi connectivity index (χ3v) is 2.81. The van der Waals surface area contributed by atoms with Gasteiger partial charge in [-0.2, -0.15) is 0 Å². The van der Waals surface area contributed by atoms with E-state index in [2.05, 4.69) is 31.2 Å². The Kier molecular flexibility index (Phi) is 2.68. The zero-order valence-electron chi connectivity index (χ0n) is 8.18. The van der Waals surface area contributed by atoms with Gasteiger partial charge in [0.1, 0.15) is 0 Å². The van der Waals surface area contributed by atoms with Crippen LogP contribution in [0.3, 0.4) is 0 Å². The van der Waals surface area contributed by atoms with Gasteiger partial charge < -0.3 is 5.73 Å². The first-order chi connectivity index (χ1) is 7.18. The fraction of sp³-hybridized carbons (Fsp3) is 0.222. The first-order valence-electron chi connectivity index (χ1n) is 4.41. The van der Waals surface area contributed by atoms with Crippen LogP contribution in [-0.2, 0) is 13.5 Å². The third kappa shape index (κ3) is 1.99. The van der Waals surface area contributed by atoms with E-state index in [1.165, 1.54) is 0 Å². The molecule has 2 rings (SSSR count). The Morgan fingerprint density at radius 3 is 2.93 bits per heavy atom. The van der Waals surface area contributed by atoms with E-state index in [4.69, 9.17) is 5.73 Å². The van der Waals surface area contributed by atoms with Crippen LogP contribution in [0.2, 0.25) is 0 Å². The van der Waals surface area contributed by atoms with Gasteiger partial charge in [-0.05, 0) is 27.6 Å². The molecular weight excluding hydrogens is 258 g/mol. The summed E-state index contributed by atoms with van der Waals surface area (Å²) in [5, 5.41) is 7.81. The van der Waals surface area contributed by atoms with E-state index in [0.29, 0.717) is 6.42 Å². The molecule has 0 saturated carbocycles. The maximum absolute atomic E-state index is 5.83. The van der Waals surface area contributed by atoms with Gasteiger partial charge in [0.15, 0.2) is 4.60 Å². The van der Waals surface area contributed by atoms with Crippen molar-refractivity contribution < 1.29 is 0 Å². The molecule has 2 aromatic rings. The summed E-state index contributed by atoms with van der Waals surface area (Å²) in [4.78, 5) is 4.04. The number of halogens is 1. The SMILES string of the molecule is Cn1nnc(Br)c1Cc1cnccc1N. The van der Waals surface area contributed by atoms with Crippen LogP contribution in [0.1, 0.15) is 11.3 Å². The summed E-state index contributed by atoms with van der Waals surface area (Å²) in [7, 11) is 1.85. The van der Waals surface area contributed by atoms with Crippen LogP contribution in [0, 0.1) is 0 Å². The monoisotopic (exact) mass is 267 g/mol. The highest BCUT2D eigenvalue weighted by Crippen LogP contribution is 2.19. The number of nitrogen functional groups attached to an aromatic ring is 1. The van der Waals surface area contributed by atoms with Crippen LogP contribution in [0.5, 0.6) is 0 Å². The molecule has 0 fully saturated rings. The smallest absolute Gasteiger partial charge is 0.151 e. The van der Waals surface area contributed by atoms with Crippen LogP contribution in [-0.4, -0.2) is 20.0 Å². The Morgan fingerprint density at radius 1 is 1.53 bits per heavy atom. The standard InChI is InChI=1S/C9H10BrN5/c1-15-8(9(10)13-14-15)4-6-5-12-3-2-7(6)11/h2-3,5H,4H2,1H3,(H2,11,12). The second-order valence-electron chi connectivity index (χ2n) is 3.20. The maximum atomic E-state index is 5.83. The summed E-state index contributed by atoms with van der Waals surface area (Å²) in [6, 6.07) is 1.78. The van der Waals surface area contributed by atoms with Crippen LogP contribution < -0.4 is 5.73 Å². The van der Waals surface area contributed by atoms with Gasteiger partial charge in [-0.25, -0.2) is 0 Å². The van der Waals surface area contributed by atoms with Gasteiger partial charge in [0.25, 0.3) is 0 Å². The molecule has 0 amide bonds. The maximum Gasteiger partial charge on any atom is 0.151 e. The van der Waals surface area contributed by atoms with Crippen LogP contribution in [0.25, 0.3) is 0 Å². The lowest BCUT2D eigenvalue weighted by atomic mass is 10.1. The summed E-state index contributed by atoms with van der Waals surface area (Å²) >= 11 is 3.34. The normalized spacial score (nSPS) is 10.5. The Balaban J connectivity index is 2.34. The van der Waals surface area contributed by atoms with Crippen molar-refractivity contribution >= 4 is 21.6 Å². The summed E-state index contributed by atoms with van der Waals surface area (Å²) in [6.07, 6.45) is 4.11. The number of aromatic nitrogens is 4. The highest BCUT2D eigenvalue weighted by Gasteiger charge is 2.10. The van der Waals surface area contributed by atoms with Crippen molar-refractivity contribution in [3.05, 3.63) is 34.3 Å². The number of nitrogens with two attached hydrogens (primary N) is 1. The molecule has 0 radical (unpaired) electrons. The molecule has 6 heteroatoms. The predicted octanol–water partition coefficient (Wildman–Crippen LogP) is 1.15. The molecule has 2 aromatic heterocycles. The lowest BCUT2D eigenvalue weighted by Gasteiger charge is -2.04. The number of anilines is 1. The lowest BCUT2D eigenvalue weighted by molar-refractivity contribution is 0.686. The molecule has 0 spiro atoms. The van der Waals surface area contributed by atoms with Crippen molar-refractivity contribution in [2.24, 2.45) is 7.05 Å². The van der Waals surface area contributed by atoms with Crippen molar-refractivity contribution in [2.45, 2.75) is 6.42 Å². The second kappa shape index (κ2) is 3.98. The number of hydrogen-bond donors (Lipinski definition) is 1. The molecular formula is C9H10BrN5. The minimum absolute atomic E-state index is 0.670. The minimum Gasteiger partial charge on any atom is -0.398 e. The average Bonchev–Trinajstić information content (AvgIpc) is 2.53. The highest BCUT2D eigenvalue weighted by atomic mass is 79.9. The van der Waals surface area contributed by atoms with E-state index in [0.717, 1.165) is 21.5 Å². The summed E-state index contributed by atoms with van der Waals surface area (Å²) in [5.41, 5.74) is 8.52. The highest BCUT2D eigenvalue weighted by molar-refractivity contribution is 9.10. The van der Waals surface area contributed by atoms with Gasteiger partial charge in [0.2, 0.25) is 0 Å². The van der Waals surface area contributed by atoms with Gasteiger partial charge in [0, 0.05) is 31.5 Å². The molecule has 0 aromatic carbocycles. The van der Waals surface area contributed by atoms with E-state index in [9.17, 15) is 0 Å². The van der Waals surface area contributed by atoms with E-state index in [1.54, 1.807) is 23.1 Å². The molecule has 15 heavy (non-hydrogen) atoms. The third-order valence-electron chi connectivity index (χ3n) is 2.19. The molecule has 0 atom stereocenters. The molecule has 0 bridgehead atoms. The zero-order valence-corrected chi connectivity index (χ0v) is 9.77. The molecule has 5 nitrogen and oxygen atoms in total. The number of nitrogens with zero attached hydrogens (tertiary/aromatic N) is 4. The van der Waals surface area contributed by atoms with Crippen molar-refractivity contribution in [3.8, 4) is 0 Å². The molecule has 0 aliphatic heterocycles. The van der Waals surface area contributed by atoms with Crippen LogP contribution in [0.15, 0.2) is 23.1 Å². The molecule has 2 heterocycles. The molecule has 0 aliphatic rings. The fourth-order valence-electron chi connectivity index (χ4n) is 1.30. The van der Waals surface area contributed by atoms with Crippen molar-refractivity contribution in [2.75, 3.05) is 5.73 Å². The Labute approximate surface area is 95.4 Å². The molecule has 0 aliphatic carbocycles. The predicted molar refractivity (Wildman–Crippen MR) is 60.2 cm³/mol. The zero-order chi connectivity index (χ0) is 10.8. The van der Waals surface area contributed by atoms with E-state index in [-0.39, 0.29) is 0 Å². The first kappa shape index (κ1) is 10.1. The Bertz CT molecular complexity index is 460. The Hall–Kier alpha value is -1.43. The van der Waals surface area contributed by atoms with E-state index >= 15 is 0 Å². The van der Waals surface area contributed by atoms with Crippen LogP contribution in [0.4, 0.5) is 5.69 Å². The van der Waals surface area contributed by atoms with Gasteiger partial charge in [-0.1, -0.05) is 5.21 Å². The van der Waals surface area contributed by atoms with Gasteiger partial charge in [-0.15, -0.1) is 5.10 Å². The molecule has 2 N–H and O–H groups in total. The van der Waals surface area contributed by atoms with Crippen molar-refractivity contribution in [1.29, 1.82) is 0 Å². The second-order valence-corrected chi connectivity index (χ2v) is 3.95. The fourth-order valence-corrected chi connectivity index (χ4v) is 1.77. The first-order valence-corrected chi connectivity index (χ1v) is 5.20. The minimum atomic E-state index is 0.670. The summed E-state index contributed by atoms with van der Waals surface area (Å²) in [6.45, 7) is 0. The van der Waals surface area contributed by atoms with Crippen LogP contribution >= 0.6 is 15.9 Å². The molecule has 0 saturated heterocycles. The Morgan fingerprint density at radius 2 is 2.33 bits per heavy atom. The van der Waals surface area contributed by atoms with Gasteiger partial charge in [-0.3, -0.25) is 9.67 Å². The van der Waals surface area contributed by atoms with Crippen molar-refractivity contribution in [1.82, 2.24) is 20.0 Å². The number of hydrogen-bond acceptors (Lipinski definition) is 4. The number of aryl methyl sites for hydroxylation is 1. The quantitative estimate of drug-likeness (QED) is 0.886. The van der Waals surface area contributed by atoms with E-state index < -0.39 is 0 Å². The van der Waals surface area contributed by atoms with E-state index in [1.807, 2.05) is 7.05 Å². The molecule has 78 valence electrons. The summed E-state index contributed by atoms with van der Waals surface area (Å²) < 4.78 is 2.46. The number of pyridine rings is 1. The van der Waals surface area contributed by atoms with Gasteiger partial charge >= 0.3 is 0 Å². The summed E-state index contributed by atoms with van der Waals surface area (Å²) in [5.74, 6) is 0. The average molecular weight is 268 g/mol. The molecule has 0 unspecified atom stereocenters. The van der Waals surface area contributed by atoms with Crippen molar-refractivity contribution in [3.63, 3.8) is 0 Å². The topological polar surface area (TPSA) is 69.6 Å². The number of rotatable bonds is 2. The van der Waals surface area contributed by atoms with Gasteiger partial charge in [0.05, 0.1) is 5.69 Å². The largest absolute Gasteiger partial charge is 0.398 e. The lowest BCUT2D eigenvalue weighted by Crippen LogP contribution is -2.02.